The van der Waals surface area contributed by atoms with Crippen molar-refractivity contribution in [2.45, 2.75) is 13.8 Å². The van der Waals surface area contributed by atoms with Crippen molar-refractivity contribution in [3.8, 4) is 0 Å². The van der Waals surface area contributed by atoms with E-state index < -0.39 is 0 Å². The predicted molar refractivity (Wildman–Crippen MR) is 66.6 cm³/mol. The zero-order chi connectivity index (χ0) is 11.3. The minimum absolute atomic E-state index is 0.681. The van der Waals surface area contributed by atoms with Crippen LogP contribution in [0.2, 0.25) is 0 Å². The summed E-state index contributed by atoms with van der Waals surface area (Å²) in [4.78, 5) is 4.42. The number of allylic oxidation sites excluding steroid dienone is 8. The van der Waals surface area contributed by atoms with E-state index in [-0.39, 0.29) is 0 Å². The third-order valence-corrected chi connectivity index (χ3v) is 2.04. The van der Waals surface area contributed by atoms with Crippen LogP contribution < -0.4 is 5.73 Å². The zero-order valence-corrected chi connectivity index (χ0v) is 9.20. The van der Waals surface area contributed by atoms with E-state index in [4.69, 9.17) is 5.73 Å². The Morgan fingerprint density at radius 3 is 2.67 bits per heavy atom. The van der Waals surface area contributed by atoms with Crippen molar-refractivity contribution in [1.82, 2.24) is 0 Å². The molecule has 78 valence electrons. The molecule has 2 nitrogen and oxygen atoms in total. The van der Waals surface area contributed by atoms with Crippen LogP contribution in [-0.2, 0) is 0 Å². The van der Waals surface area contributed by atoms with Crippen molar-refractivity contribution in [3.05, 3.63) is 60.0 Å². The SMILES string of the molecule is C=C1C=CC=CC1=N/C(C)=C(N)/C=C/C. The standard InChI is InChI=1S/C13H16N2/c1-4-7-12(14)11(3)15-13-9-6-5-8-10(13)2/h4-9H,2,14H2,1,3H3/b7-4+,12-11-,15-13?. The third kappa shape index (κ3) is 3.09. The van der Waals surface area contributed by atoms with Gasteiger partial charge in [-0.15, -0.1) is 0 Å². The summed E-state index contributed by atoms with van der Waals surface area (Å²) in [5.41, 5.74) is 9.07. The van der Waals surface area contributed by atoms with Crippen molar-refractivity contribution in [1.29, 1.82) is 0 Å². The van der Waals surface area contributed by atoms with Crippen LogP contribution in [0.3, 0.4) is 0 Å². The first-order chi connectivity index (χ1) is 7.15. The van der Waals surface area contributed by atoms with E-state index in [1.807, 2.05) is 50.3 Å². The molecule has 0 saturated carbocycles. The van der Waals surface area contributed by atoms with Crippen LogP contribution in [0.25, 0.3) is 0 Å². The molecule has 0 spiro atoms. The molecule has 0 fully saturated rings. The van der Waals surface area contributed by atoms with E-state index in [2.05, 4.69) is 11.6 Å². The van der Waals surface area contributed by atoms with Gasteiger partial charge in [0.05, 0.1) is 17.1 Å². The van der Waals surface area contributed by atoms with Gasteiger partial charge in [0.15, 0.2) is 0 Å². The fourth-order valence-electron chi connectivity index (χ4n) is 1.17. The molecule has 0 aromatic carbocycles. The van der Waals surface area contributed by atoms with Crippen LogP contribution in [0.4, 0.5) is 0 Å². The minimum atomic E-state index is 0.681. The normalized spacial score (nSPS) is 20.1. The average molecular weight is 200 g/mol. The van der Waals surface area contributed by atoms with E-state index in [0.29, 0.717) is 5.70 Å². The molecule has 15 heavy (non-hydrogen) atoms. The lowest BCUT2D eigenvalue weighted by molar-refractivity contribution is 1.20. The first-order valence-corrected chi connectivity index (χ1v) is 4.87. The predicted octanol–water partition coefficient (Wildman–Crippen LogP) is 2.88. The Labute approximate surface area is 90.9 Å². The monoisotopic (exact) mass is 200 g/mol. The molecule has 0 heterocycles. The minimum Gasteiger partial charge on any atom is -0.397 e. The van der Waals surface area contributed by atoms with Gasteiger partial charge in [0.25, 0.3) is 0 Å². The number of aliphatic imine (C=N–C) groups is 1. The molecular formula is C13H16N2. The van der Waals surface area contributed by atoms with Gasteiger partial charge >= 0.3 is 0 Å². The van der Waals surface area contributed by atoms with Gasteiger partial charge in [-0.1, -0.05) is 30.9 Å². The lowest BCUT2D eigenvalue weighted by atomic mass is 10.1. The van der Waals surface area contributed by atoms with Gasteiger partial charge in [-0.25, -0.2) is 0 Å². The van der Waals surface area contributed by atoms with Gasteiger partial charge in [0.1, 0.15) is 0 Å². The van der Waals surface area contributed by atoms with E-state index in [1.165, 1.54) is 0 Å². The maximum Gasteiger partial charge on any atom is 0.0700 e. The quantitative estimate of drug-likeness (QED) is 0.684. The van der Waals surface area contributed by atoms with E-state index in [9.17, 15) is 0 Å². The molecule has 0 aliphatic heterocycles. The number of rotatable bonds is 2. The summed E-state index contributed by atoms with van der Waals surface area (Å²) in [6, 6.07) is 0. The highest BCUT2D eigenvalue weighted by atomic mass is 14.8. The van der Waals surface area contributed by atoms with Gasteiger partial charge < -0.3 is 5.73 Å². The van der Waals surface area contributed by atoms with Crippen LogP contribution in [0, 0.1) is 0 Å². The van der Waals surface area contributed by atoms with Crippen LogP contribution >= 0.6 is 0 Å². The van der Waals surface area contributed by atoms with E-state index in [0.717, 1.165) is 17.0 Å². The summed E-state index contributed by atoms with van der Waals surface area (Å²) >= 11 is 0. The van der Waals surface area contributed by atoms with Gasteiger partial charge in [0.2, 0.25) is 0 Å². The largest absolute Gasteiger partial charge is 0.397 e. The van der Waals surface area contributed by atoms with Crippen LogP contribution in [-0.4, -0.2) is 5.71 Å². The molecule has 0 aromatic heterocycles. The van der Waals surface area contributed by atoms with Crippen molar-refractivity contribution >= 4 is 5.71 Å². The molecule has 0 saturated heterocycles. The van der Waals surface area contributed by atoms with Crippen LogP contribution in [0.15, 0.2) is 65.0 Å². The fourth-order valence-corrected chi connectivity index (χ4v) is 1.17. The highest BCUT2D eigenvalue weighted by Gasteiger charge is 2.01. The molecule has 0 unspecified atom stereocenters. The lowest BCUT2D eigenvalue weighted by Crippen LogP contribution is -2.02. The number of hydrogen-bond acceptors (Lipinski definition) is 2. The molecule has 0 atom stereocenters. The lowest BCUT2D eigenvalue weighted by Gasteiger charge is -2.05. The molecule has 0 aromatic rings. The van der Waals surface area contributed by atoms with Gasteiger partial charge in [-0.3, -0.25) is 4.99 Å². The Morgan fingerprint density at radius 2 is 2.07 bits per heavy atom. The Hall–Kier alpha value is -1.83. The van der Waals surface area contributed by atoms with Gasteiger partial charge in [0, 0.05) is 0 Å². The molecule has 2 heteroatoms. The summed E-state index contributed by atoms with van der Waals surface area (Å²) in [5.74, 6) is 0. The first kappa shape index (κ1) is 11.2. The third-order valence-electron chi connectivity index (χ3n) is 2.04. The zero-order valence-electron chi connectivity index (χ0n) is 9.20. The van der Waals surface area contributed by atoms with E-state index >= 15 is 0 Å². The number of hydrogen-bond donors (Lipinski definition) is 1. The van der Waals surface area contributed by atoms with Gasteiger partial charge in [-0.05, 0) is 31.6 Å². The van der Waals surface area contributed by atoms with Gasteiger partial charge in [-0.2, -0.15) is 0 Å². The Balaban J connectivity index is 2.97. The van der Waals surface area contributed by atoms with Crippen LogP contribution in [0.1, 0.15) is 13.8 Å². The molecule has 0 bridgehead atoms. The Bertz CT molecular complexity index is 404. The van der Waals surface area contributed by atoms with Crippen molar-refractivity contribution in [2.75, 3.05) is 0 Å². The number of nitrogens with two attached hydrogens (primary N) is 1. The Morgan fingerprint density at radius 1 is 1.40 bits per heavy atom. The second kappa shape index (κ2) is 5.15. The fraction of sp³-hybridized carbons (Fsp3) is 0.154. The maximum absolute atomic E-state index is 5.80. The summed E-state index contributed by atoms with van der Waals surface area (Å²) < 4.78 is 0. The highest BCUT2D eigenvalue weighted by molar-refractivity contribution is 6.11. The van der Waals surface area contributed by atoms with Crippen molar-refractivity contribution in [3.63, 3.8) is 0 Å². The molecule has 0 radical (unpaired) electrons. The first-order valence-electron chi connectivity index (χ1n) is 4.87. The second-order valence-corrected chi connectivity index (χ2v) is 3.28. The van der Waals surface area contributed by atoms with Crippen molar-refractivity contribution < 1.29 is 0 Å². The molecule has 1 aliphatic carbocycles. The summed E-state index contributed by atoms with van der Waals surface area (Å²) in [5, 5.41) is 0. The highest BCUT2D eigenvalue weighted by Crippen LogP contribution is 2.10. The topological polar surface area (TPSA) is 38.4 Å². The second-order valence-electron chi connectivity index (χ2n) is 3.28. The Kier molecular flexibility index (Phi) is 3.86. The molecule has 0 amide bonds. The summed E-state index contributed by atoms with van der Waals surface area (Å²) in [6.45, 7) is 7.72. The summed E-state index contributed by atoms with van der Waals surface area (Å²) in [6.07, 6.45) is 11.5. The smallest absolute Gasteiger partial charge is 0.0700 e. The molecule has 1 aliphatic rings. The van der Waals surface area contributed by atoms with Crippen LogP contribution in [0.5, 0.6) is 0 Å². The maximum atomic E-state index is 5.80. The summed E-state index contributed by atoms with van der Waals surface area (Å²) in [7, 11) is 0. The number of nitrogens with zero attached hydrogens (tertiary/aromatic N) is 1. The average Bonchev–Trinajstić information content (AvgIpc) is 2.21. The molecular weight excluding hydrogens is 184 g/mol. The van der Waals surface area contributed by atoms with E-state index in [1.54, 1.807) is 0 Å². The molecule has 2 N–H and O–H groups in total. The van der Waals surface area contributed by atoms with Crippen molar-refractivity contribution in [2.24, 2.45) is 10.7 Å². The molecule has 1 rings (SSSR count).